The lowest BCUT2D eigenvalue weighted by Crippen LogP contribution is -2.20. The van der Waals surface area contributed by atoms with E-state index in [-0.39, 0.29) is 5.56 Å². The van der Waals surface area contributed by atoms with Crippen LogP contribution in [0.2, 0.25) is 0 Å². The Balaban J connectivity index is 3.17. The first-order chi connectivity index (χ1) is 5.93. The molecule has 1 atom stereocenters. The molecule has 0 radical (unpaired) electrons. The SMILES string of the molecule is O=C(O)C(c1ccsc1)S(=O)(=O)O. The third-order valence-corrected chi connectivity index (χ3v) is 3.14. The summed E-state index contributed by atoms with van der Waals surface area (Å²) >= 11 is 1.16. The van der Waals surface area contributed by atoms with Gasteiger partial charge in [-0.05, 0) is 22.4 Å². The molecule has 7 heteroatoms. The topological polar surface area (TPSA) is 91.7 Å². The standard InChI is InChI=1S/C6H6O5S2/c7-6(8)5(13(9,10)11)4-1-2-12-3-4/h1-3,5H,(H,7,8)(H,9,10,11). The Bertz CT molecular complexity index is 391. The zero-order valence-corrected chi connectivity index (χ0v) is 7.88. The summed E-state index contributed by atoms with van der Waals surface area (Å²) < 4.78 is 29.9. The highest BCUT2D eigenvalue weighted by atomic mass is 32.2. The predicted octanol–water partition coefficient (Wildman–Crippen LogP) is 0.762. The van der Waals surface area contributed by atoms with Crippen molar-refractivity contribution in [2.45, 2.75) is 5.25 Å². The van der Waals surface area contributed by atoms with Gasteiger partial charge in [-0.2, -0.15) is 19.8 Å². The van der Waals surface area contributed by atoms with Gasteiger partial charge in [-0.1, -0.05) is 0 Å². The molecule has 0 aliphatic rings. The van der Waals surface area contributed by atoms with Crippen LogP contribution in [0.15, 0.2) is 16.8 Å². The molecule has 0 aliphatic heterocycles. The molecule has 0 amide bonds. The van der Waals surface area contributed by atoms with Crippen LogP contribution in [0.25, 0.3) is 0 Å². The van der Waals surface area contributed by atoms with Gasteiger partial charge in [0.05, 0.1) is 0 Å². The lowest BCUT2D eigenvalue weighted by molar-refractivity contribution is -0.136. The minimum Gasteiger partial charge on any atom is -0.480 e. The molecule has 2 N–H and O–H groups in total. The van der Waals surface area contributed by atoms with Gasteiger partial charge in [-0.25, -0.2) is 0 Å². The summed E-state index contributed by atoms with van der Waals surface area (Å²) in [5.74, 6) is -1.58. The van der Waals surface area contributed by atoms with Gasteiger partial charge in [0, 0.05) is 0 Å². The molecule has 1 heterocycles. The second-order valence-corrected chi connectivity index (χ2v) is 4.57. The number of rotatable bonds is 3. The molecule has 0 fully saturated rings. The highest BCUT2D eigenvalue weighted by Crippen LogP contribution is 2.23. The monoisotopic (exact) mass is 222 g/mol. The van der Waals surface area contributed by atoms with Crippen LogP contribution in [0.4, 0.5) is 0 Å². The van der Waals surface area contributed by atoms with Gasteiger partial charge in [0.25, 0.3) is 10.1 Å². The highest BCUT2D eigenvalue weighted by molar-refractivity contribution is 7.86. The first-order valence-corrected chi connectivity index (χ1v) is 5.58. The summed E-state index contributed by atoms with van der Waals surface area (Å²) in [5, 5.41) is 9.58. The Morgan fingerprint density at radius 3 is 2.46 bits per heavy atom. The Morgan fingerprint density at radius 1 is 1.54 bits per heavy atom. The maximum Gasteiger partial charge on any atom is 0.329 e. The fourth-order valence-corrected chi connectivity index (χ4v) is 2.38. The van der Waals surface area contributed by atoms with Gasteiger partial charge >= 0.3 is 5.97 Å². The van der Waals surface area contributed by atoms with Gasteiger partial charge in [-0.15, -0.1) is 0 Å². The predicted molar refractivity (Wildman–Crippen MR) is 46.2 cm³/mol. The maximum absolute atomic E-state index is 10.7. The number of hydrogen-bond donors (Lipinski definition) is 2. The van der Waals surface area contributed by atoms with Crippen molar-refractivity contribution in [3.63, 3.8) is 0 Å². The van der Waals surface area contributed by atoms with Crippen molar-refractivity contribution in [3.05, 3.63) is 22.4 Å². The number of thiophene rings is 1. The van der Waals surface area contributed by atoms with Crippen LogP contribution in [0.3, 0.4) is 0 Å². The molecule has 72 valence electrons. The van der Waals surface area contributed by atoms with E-state index in [0.717, 1.165) is 11.3 Å². The molecule has 0 spiro atoms. The second-order valence-electron chi connectivity index (χ2n) is 2.29. The van der Waals surface area contributed by atoms with E-state index in [0.29, 0.717) is 0 Å². The van der Waals surface area contributed by atoms with Crippen molar-refractivity contribution in [1.82, 2.24) is 0 Å². The van der Waals surface area contributed by atoms with E-state index < -0.39 is 21.3 Å². The molecular formula is C6H6O5S2. The van der Waals surface area contributed by atoms with Crippen LogP contribution < -0.4 is 0 Å². The van der Waals surface area contributed by atoms with Crippen molar-refractivity contribution >= 4 is 27.4 Å². The maximum atomic E-state index is 10.7. The summed E-state index contributed by atoms with van der Waals surface area (Å²) in [6.45, 7) is 0. The van der Waals surface area contributed by atoms with Crippen molar-refractivity contribution in [3.8, 4) is 0 Å². The fourth-order valence-electron chi connectivity index (χ4n) is 0.866. The third kappa shape index (κ3) is 2.27. The van der Waals surface area contributed by atoms with E-state index in [1.807, 2.05) is 0 Å². The Hall–Kier alpha value is -0.920. The average molecular weight is 222 g/mol. The van der Waals surface area contributed by atoms with Crippen LogP contribution in [-0.2, 0) is 14.9 Å². The Kier molecular flexibility index (Phi) is 2.69. The van der Waals surface area contributed by atoms with E-state index >= 15 is 0 Å². The summed E-state index contributed by atoms with van der Waals surface area (Å²) in [7, 11) is -4.58. The summed E-state index contributed by atoms with van der Waals surface area (Å²) in [4.78, 5) is 10.5. The molecule has 0 bridgehead atoms. The smallest absolute Gasteiger partial charge is 0.329 e. The third-order valence-electron chi connectivity index (χ3n) is 1.37. The quantitative estimate of drug-likeness (QED) is 0.737. The van der Waals surface area contributed by atoms with E-state index in [4.69, 9.17) is 9.66 Å². The minimum absolute atomic E-state index is 0.0694. The van der Waals surface area contributed by atoms with Crippen molar-refractivity contribution in [1.29, 1.82) is 0 Å². The molecule has 5 nitrogen and oxygen atoms in total. The molecule has 13 heavy (non-hydrogen) atoms. The van der Waals surface area contributed by atoms with Crippen LogP contribution in [0.5, 0.6) is 0 Å². The van der Waals surface area contributed by atoms with E-state index in [9.17, 15) is 13.2 Å². The van der Waals surface area contributed by atoms with Crippen LogP contribution in [0, 0.1) is 0 Å². The zero-order chi connectivity index (χ0) is 10.1. The molecule has 1 aromatic heterocycles. The van der Waals surface area contributed by atoms with Crippen molar-refractivity contribution in [2.75, 3.05) is 0 Å². The van der Waals surface area contributed by atoms with Gasteiger partial charge in [-0.3, -0.25) is 9.35 Å². The number of aliphatic carboxylic acids is 1. The first-order valence-electron chi connectivity index (χ1n) is 3.14. The molecule has 1 aromatic rings. The number of hydrogen-bond acceptors (Lipinski definition) is 4. The van der Waals surface area contributed by atoms with Crippen molar-refractivity contribution < 1.29 is 22.9 Å². The normalized spacial score (nSPS) is 13.9. The van der Waals surface area contributed by atoms with Gasteiger partial charge in [0.2, 0.25) is 5.25 Å². The highest BCUT2D eigenvalue weighted by Gasteiger charge is 2.32. The van der Waals surface area contributed by atoms with Crippen LogP contribution in [0.1, 0.15) is 10.8 Å². The number of carbonyl (C=O) groups is 1. The Morgan fingerprint density at radius 2 is 2.15 bits per heavy atom. The molecule has 0 saturated heterocycles. The van der Waals surface area contributed by atoms with E-state index in [1.165, 1.54) is 16.8 Å². The van der Waals surface area contributed by atoms with Crippen LogP contribution >= 0.6 is 11.3 Å². The van der Waals surface area contributed by atoms with Crippen molar-refractivity contribution in [2.24, 2.45) is 0 Å². The molecule has 1 unspecified atom stereocenters. The summed E-state index contributed by atoms with van der Waals surface area (Å²) in [6, 6.07) is 1.34. The lowest BCUT2D eigenvalue weighted by atomic mass is 10.2. The Labute approximate surface area is 78.4 Å². The number of carboxylic acid groups (broad SMARTS) is 1. The first kappa shape index (κ1) is 10.2. The van der Waals surface area contributed by atoms with Gasteiger partial charge in [0.1, 0.15) is 0 Å². The second kappa shape index (κ2) is 3.44. The van der Waals surface area contributed by atoms with E-state index in [2.05, 4.69) is 0 Å². The van der Waals surface area contributed by atoms with E-state index in [1.54, 1.807) is 0 Å². The zero-order valence-electron chi connectivity index (χ0n) is 6.25. The molecule has 0 aliphatic carbocycles. The average Bonchev–Trinajstić information content (AvgIpc) is 2.34. The van der Waals surface area contributed by atoms with Gasteiger partial charge in [0.15, 0.2) is 0 Å². The molecular weight excluding hydrogens is 216 g/mol. The fraction of sp³-hybridized carbons (Fsp3) is 0.167. The number of carboxylic acids is 1. The minimum atomic E-state index is -4.58. The van der Waals surface area contributed by atoms with Crippen LogP contribution in [-0.4, -0.2) is 24.0 Å². The largest absolute Gasteiger partial charge is 0.480 e. The summed E-state index contributed by atoms with van der Waals surface area (Å²) in [5.41, 5.74) is 0.0694. The molecule has 1 rings (SSSR count). The molecule has 0 aromatic carbocycles. The molecule has 0 saturated carbocycles. The summed E-state index contributed by atoms with van der Waals surface area (Å²) in [6.07, 6.45) is 0. The lowest BCUT2D eigenvalue weighted by Gasteiger charge is -2.05. The van der Waals surface area contributed by atoms with Gasteiger partial charge < -0.3 is 5.11 Å².